The molecule has 0 N–H and O–H groups in total. The molecule has 2 rings (SSSR count). The van der Waals surface area contributed by atoms with E-state index in [2.05, 4.69) is 12.1 Å². The van der Waals surface area contributed by atoms with Gasteiger partial charge in [-0.1, -0.05) is 30.3 Å². The third kappa shape index (κ3) is 4.63. The summed E-state index contributed by atoms with van der Waals surface area (Å²) in [6, 6.07) is 12.3. The van der Waals surface area contributed by atoms with Crippen molar-refractivity contribution in [1.29, 1.82) is 0 Å². The van der Waals surface area contributed by atoms with Crippen molar-refractivity contribution < 1.29 is 13.9 Å². The largest absolute Gasteiger partial charge is 0.465 e. The van der Waals surface area contributed by atoms with Gasteiger partial charge >= 0.3 is 5.97 Å². The molecular weight excluding hydrogens is 264 g/mol. The lowest BCUT2D eigenvalue weighted by atomic mass is 10.1. The molecule has 0 aliphatic heterocycles. The van der Waals surface area contributed by atoms with Crippen LogP contribution >= 0.6 is 0 Å². The molecule has 21 heavy (non-hydrogen) atoms. The van der Waals surface area contributed by atoms with E-state index in [1.165, 1.54) is 5.56 Å². The lowest BCUT2D eigenvalue weighted by Gasteiger charge is -1.99. The normalized spacial score (nSPS) is 11.4. The van der Waals surface area contributed by atoms with Crippen LogP contribution in [0.25, 0.3) is 6.08 Å². The highest BCUT2D eigenvalue weighted by Gasteiger charge is 2.07. The molecule has 1 heterocycles. The minimum atomic E-state index is -0.306. The van der Waals surface area contributed by atoms with E-state index in [1.54, 1.807) is 26.2 Å². The fourth-order valence-corrected chi connectivity index (χ4v) is 2.05. The van der Waals surface area contributed by atoms with Crippen LogP contribution in [0.15, 0.2) is 52.7 Å². The van der Waals surface area contributed by atoms with E-state index in [9.17, 15) is 4.79 Å². The fraction of sp³-hybridized carbons (Fsp3) is 0.278. The molecule has 3 heteroatoms. The Morgan fingerprint density at radius 3 is 2.62 bits per heavy atom. The van der Waals surface area contributed by atoms with Crippen molar-refractivity contribution in [2.24, 2.45) is 0 Å². The molecule has 0 bridgehead atoms. The average molecular weight is 284 g/mol. The molecule has 3 nitrogen and oxygen atoms in total. The topological polar surface area (TPSA) is 39.4 Å². The van der Waals surface area contributed by atoms with Gasteiger partial charge in [-0.25, -0.2) is 4.79 Å². The maximum absolute atomic E-state index is 11.5. The maximum atomic E-state index is 11.5. The first-order chi connectivity index (χ1) is 10.2. The second-order valence-electron chi connectivity index (χ2n) is 4.89. The number of hydrogen-bond donors (Lipinski definition) is 0. The molecule has 0 unspecified atom stereocenters. The Morgan fingerprint density at radius 2 is 1.90 bits per heavy atom. The molecule has 0 radical (unpaired) electrons. The van der Waals surface area contributed by atoms with E-state index in [1.807, 2.05) is 24.3 Å². The third-order valence-electron chi connectivity index (χ3n) is 3.18. The van der Waals surface area contributed by atoms with Crippen LogP contribution in [0.4, 0.5) is 0 Å². The van der Waals surface area contributed by atoms with Gasteiger partial charge < -0.3 is 9.15 Å². The minimum absolute atomic E-state index is 0.306. The molecule has 2 aromatic rings. The van der Waals surface area contributed by atoms with Crippen molar-refractivity contribution in [2.45, 2.75) is 26.7 Å². The van der Waals surface area contributed by atoms with Gasteiger partial charge in [-0.3, -0.25) is 0 Å². The van der Waals surface area contributed by atoms with Gasteiger partial charge in [0.15, 0.2) is 0 Å². The van der Waals surface area contributed by atoms with Crippen LogP contribution in [0.5, 0.6) is 0 Å². The van der Waals surface area contributed by atoms with E-state index in [0.29, 0.717) is 17.9 Å². The van der Waals surface area contributed by atoms with Crippen LogP contribution < -0.4 is 0 Å². The van der Waals surface area contributed by atoms with Crippen LogP contribution in [0.2, 0.25) is 0 Å². The van der Waals surface area contributed by atoms with Gasteiger partial charge in [0.1, 0.15) is 5.76 Å². The van der Waals surface area contributed by atoms with Crippen molar-refractivity contribution >= 4 is 12.0 Å². The number of carbonyl (C=O) groups is 1. The van der Waals surface area contributed by atoms with Crippen LogP contribution in [0.3, 0.4) is 0 Å². The summed E-state index contributed by atoms with van der Waals surface area (Å²) in [4.78, 5) is 11.5. The van der Waals surface area contributed by atoms with E-state index in [0.717, 1.165) is 18.4 Å². The standard InChI is InChI=1S/C18H20O3/c1-3-20-18(19)14(2)11-17-12-16(13-21-17)10-9-15-7-5-4-6-8-15/h4-8,11-13H,3,9-10H2,1-2H3/b14-11+. The number of benzene rings is 1. The first-order valence-electron chi connectivity index (χ1n) is 7.16. The van der Waals surface area contributed by atoms with Gasteiger partial charge in [0.05, 0.1) is 12.9 Å². The number of ether oxygens (including phenoxy) is 1. The molecular formula is C18H20O3. The average Bonchev–Trinajstić information content (AvgIpc) is 2.94. The van der Waals surface area contributed by atoms with E-state index < -0.39 is 0 Å². The van der Waals surface area contributed by atoms with E-state index in [-0.39, 0.29) is 5.97 Å². The molecule has 0 spiro atoms. The second kappa shape index (κ2) is 7.48. The minimum Gasteiger partial charge on any atom is -0.465 e. The molecule has 0 atom stereocenters. The van der Waals surface area contributed by atoms with Crippen LogP contribution in [0, 0.1) is 0 Å². The Kier molecular flexibility index (Phi) is 5.38. The Hall–Kier alpha value is -2.29. The number of esters is 1. The summed E-state index contributed by atoms with van der Waals surface area (Å²) in [5, 5.41) is 0. The molecule has 0 amide bonds. The highest BCUT2D eigenvalue weighted by molar-refractivity contribution is 5.92. The highest BCUT2D eigenvalue weighted by Crippen LogP contribution is 2.15. The zero-order valence-electron chi connectivity index (χ0n) is 12.5. The molecule has 1 aromatic carbocycles. The summed E-state index contributed by atoms with van der Waals surface area (Å²) in [7, 11) is 0. The number of hydrogen-bond acceptors (Lipinski definition) is 3. The zero-order valence-corrected chi connectivity index (χ0v) is 12.5. The van der Waals surface area contributed by atoms with Gasteiger partial charge in [0, 0.05) is 5.57 Å². The molecule has 1 aromatic heterocycles. The lowest BCUT2D eigenvalue weighted by molar-refractivity contribution is -0.138. The number of aryl methyl sites for hydroxylation is 2. The highest BCUT2D eigenvalue weighted by atomic mass is 16.5. The second-order valence-corrected chi connectivity index (χ2v) is 4.89. The summed E-state index contributed by atoms with van der Waals surface area (Å²) in [5.74, 6) is 0.378. The third-order valence-corrected chi connectivity index (χ3v) is 3.18. The Bertz CT molecular complexity index is 608. The monoisotopic (exact) mass is 284 g/mol. The molecule has 0 saturated heterocycles. The van der Waals surface area contributed by atoms with Gasteiger partial charge in [0.2, 0.25) is 0 Å². The lowest BCUT2D eigenvalue weighted by Crippen LogP contribution is -2.04. The van der Waals surface area contributed by atoms with Crippen LogP contribution in [0.1, 0.15) is 30.7 Å². The Morgan fingerprint density at radius 1 is 1.19 bits per heavy atom. The van der Waals surface area contributed by atoms with Crippen molar-refractivity contribution in [3.8, 4) is 0 Å². The van der Waals surface area contributed by atoms with Crippen molar-refractivity contribution in [3.05, 3.63) is 65.1 Å². The SMILES string of the molecule is CCOC(=O)/C(C)=C/c1cc(CCc2ccccc2)co1. The summed E-state index contributed by atoms with van der Waals surface area (Å²) in [6.45, 7) is 3.90. The van der Waals surface area contributed by atoms with Crippen molar-refractivity contribution in [1.82, 2.24) is 0 Å². The van der Waals surface area contributed by atoms with Crippen molar-refractivity contribution in [3.63, 3.8) is 0 Å². The summed E-state index contributed by atoms with van der Waals surface area (Å²) in [5.41, 5.74) is 2.97. The summed E-state index contributed by atoms with van der Waals surface area (Å²) in [6.07, 6.45) is 5.34. The number of rotatable bonds is 6. The molecule has 0 saturated carbocycles. The Labute approximate surface area is 125 Å². The van der Waals surface area contributed by atoms with Crippen LogP contribution in [-0.4, -0.2) is 12.6 Å². The van der Waals surface area contributed by atoms with E-state index in [4.69, 9.17) is 9.15 Å². The predicted molar refractivity (Wildman–Crippen MR) is 82.8 cm³/mol. The Balaban J connectivity index is 1.95. The first-order valence-corrected chi connectivity index (χ1v) is 7.16. The van der Waals surface area contributed by atoms with Crippen LogP contribution in [-0.2, 0) is 22.4 Å². The quantitative estimate of drug-likeness (QED) is 0.594. The molecule has 0 fully saturated rings. The van der Waals surface area contributed by atoms with Gasteiger partial charge in [-0.05, 0) is 50.0 Å². The van der Waals surface area contributed by atoms with Crippen molar-refractivity contribution in [2.75, 3.05) is 6.61 Å². The first kappa shape index (κ1) is 15.1. The fourth-order valence-electron chi connectivity index (χ4n) is 2.05. The van der Waals surface area contributed by atoms with Gasteiger partial charge in [-0.15, -0.1) is 0 Å². The number of carbonyl (C=O) groups excluding carboxylic acids is 1. The maximum Gasteiger partial charge on any atom is 0.333 e. The summed E-state index contributed by atoms with van der Waals surface area (Å²) >= 11 is 0. The van der Waals surface area contributed by atoms with E-state index >= 15 is 0 Å². The predicted octanol–water partition coefficient (Wildman–Crippen LogP) is 4.03. The van der Waals surface area contributed by atoms with Gasteiger partial charge in [-0.2, -0.15) is 0 Å². The molecule has 0 aliphatic carbocycles. The smallest absolute Gasteiger partial charge is 0.333 e. The zero-order chi connectivity index (χ0) is 15.1. The number of furan rings is 1. The summed E-state index contributed by atoms with van der Waals surface area (Å²) < 4.78 is 10.4. The molecule has 0 aliphatic rings. The molecule has 110 valence electrons. The van der Waals surface area contributed by atoms with Gasteiger partial charge in [0.25, 0.3) is 0 Å².